The van der Waals surface area contributed by atoms with Crippen molar-refractivity contribution in [3.8, 4) is 5.75 Å². The van der Waals surface area contributed by atoms with Gasteiger partial charge in [0.2, 0.25) is 0 Å². The molecule has 1 N–H and O–H groups in total. The van der Waals surface area contributed by atoms with Crippen LogP contribution in [-0.4, -0.2) is 46.6 Å². The van der Waals surface area contributed by atoms with Gasteiger partial charge < -0.3 is 5.11 Å². The highest BCUT2D eigenvalue weighted by molar-refractivity contribution is 6.30. The van der Waals surface area contributed by atoms with Crippen LogP contribution in [0.25, 0.3) is 0 Å². The number of piperazine rings is 1. The van der Waals surface area contributed by atoms with E-state index in [1.54, 1.807) is 6.07 Å². The van der Waals surface area contributed by atoms with Crippen molar-refractivity contribution in [1.29, 1.82) is 0 Å². The Morgan fingerprint density at radius 1 is 1.12 bits per heavy atom. The molecule has 1 aliphatic heterocycles. The predicted octanol–water partition coefficient (Wildman–Crippen LogP) is 4.72. The molecule has 138 valence electrons. The van der Waals surface area contributed by atoms with E-state index in [1.807, 2.05) is 30.3 Å². The molecule has 0 radical (unpaired) electrons. The maximum atomic E-state index is 10.0. The van der Waals surface area contributed by atoms with E-state index in [4.69, 9.17) is 11.6 Å². The van der Waals surface area contributed by atoms with Crippen LogP contribution in [0.5, 0.6) is 5.75 Å². The molecule has 0 unspecified atom stereocenters. The number of benzene rings is 2. The zero-order chi connectivity index (χ0) is 18.7. The van der Waals surface area contributed by atoms with Gasteiger partial charge in [-0.25, -0.2) is 0 Å². The van der Waals surface area contributed by atoms with E-state index in [1.165, 1.54) is 5.56 Å². The van der Waals surface area contributed by atoms with Crippen molar-refractivity contribution in [3.05, 3.63) is 77.3 Å². The molecule has 2 aromatic carbocycles. The average Bonchev–Trinajstić information content (AvgIpc) is 2.61. The zero-order valence-electron chi connectivity index (χ0n) is 15.5. The minimum atomic E-state index is 0.0858. The summed E-state index contributed by atoms with van der Waals surface area (Å²) in [6.07, 6.45) is 1.98. The Labute approximate surface area is 161 Å². The summed E-state index contributed by atoms with van der Waals surface area (Å²) in [6.45, 7) is 11.3. The summed E-state index contributed by atoms with van der Waals surface area (Å²) >= 11 is 6.11. The number of halogens is 1. The predicted molar refractivity (Wildman–Crippen MR) is 109 cm³/mol. The molecule has 1 fully saturated rings. The summed E-state index contributed by atoms with van der Waals surface area (Å²) in [4.78, 5) is 5.00. The second kappa shape index (κ2) is 8.26. The van der Waals surface area contributed by atoms with Crippen LogP contribution in [0.2, 0.25) is 5.02 Å². The number of aromatic hydroxyl groups is 1. The lowest BCUT2D eigenvalue weighted by molar-refractivity contribution is 0.0306. The van der Waals surface area contributed by atoms with Crippen molar-refractivity contribution in [2.45, 2.75) is 32.0 Å². The standard InChI is InChI=1S/C22H27ClN2O/c1-4-12-24-14-17(3)25(15-16(24)2)22(18-8-10-20(23)11-9-18)19-6-5-7-21(26)13-19/h4-11,13,16-17,22,26H,1,12,14-15H2,2-3H3/t16-,17+,22-/m1/s1. The first-order chi connectivity index (χ1) is 12.5. The van der Waals surface area contributed by atoms with Gasteiger partial charge in [-0.2, -0.15) is 0 Å². The largest absolute Gasteiger partial charge is 0.508 e. The topological polar surface area (TPSA) is 26.7 Å². The van der Waals surface area contributed by atoms with Gasteiger partial charge >= 0.3 is 0 Å². The Morgan fingerprint density at radius 2 is 1.85 bits per heavy atom. The Balaban J connectivity index is 1.98. The molecule has 0 saturated carbocycles. The summed E-state index contributed by atoms with van der Waals surface area (Å²) in [7, 11) is 0. The van der Waals surface area contributed by atoms with E-state index in [0.29, 0.717) is 17.8 Å². The molecule has 2 aromatic rings. The van der Waals surface area contributed by atoms with E-state index in [-0.39, 0.29) is 6.04 Å². The van der Waals surface area contributed by atoms with Crippen LogP contribution in [-0.2, 0) is 0 Å². The Kier molecular flexibility index (Phi) is 6.02. The number of rotatable bonds is 5. The smallest absolute Gasteiger partial charge is 0.115 e. The molecule has 0 spiro atoms. The number of hydrogen-bond donors (Lipinski definition) is 1. The van der Waals surface area contributed by atoms with Crippen LogP contribution >= 0.6 is 11.6 Å². The van der Waals surface area contributed by atoms with Crippen LogP contribution in [0.15, 0.2) is 61.2 Å². The van der Waals surface area contributed by atoms with Crippen molar-refractivity contribution in [1.82, 2.24) is 9.80 Å². The summed E-state index contributed by atoms with van der Waals surface area (Å²) < 4.78 is 0. The molecular weight excluding hydrogens is 344 g/mol. The molecule has 0 bridgehead atoms. The third-order valence-corrected chi connectivity index (χ3v) is 5.48. The third kappa shape index (κ3) is 4.12. The van der Waals surface area contributed by atoms with Gasteiger partial charge in [0.25, 0.3) is 0 Å². The highest BCUT2D eigenvalue weighted by atomic mass is 35.5. The van der Waals surface area contributed by atoms with E-state index >= 15 is 0 Å². The van der Waals surface area contributed by atoms with E-state index in [9.17, 15) is 5.11 Å². The summed E-state index contributed by atoms with van der Waals surface area (Å²) in [5.41, 5.74) is 2.29. The van der Waals surface area contributed by atoms with Crippen molar-refractivity contribution >= 4 is 11.6 Å². The summed E-state index contributed by atoms with van der Waals surface area (Å²) in [5, 5.41) is 10.8. The minimum absolute atomic E-state index is 0.0858. The second-order valence-electron chi connectivity index (χ2n) is 7.19. The van der Waals surface area contributed by atoms with E-state index in [0.717, 1.165) is 30.2 Å². The van der Waals surface area contributed by atoms with Crippen molar-refractivity contribution in [3.63, 3.8) is 0 Å². The first-order valence-corrected chi connectivity index (χ1v) is 9.52. The molecule has 1 heterocycles. The van der Waals surface area contributed by atoms with Gasteiger partial charge in [0.1, 0.15) is 5.75 Å². The lowest BCUT2D eigenvalue weighted by atomic mass is 9.93. The van der Waals surface area contributed by atoms with Gasteiger partial charge in [0, 0.05) is 36.7 Å². The maximum Gasteiger partial charge on any atom is 0.115 e. The van der Waals surface area contributed by atoms with Gasteiger partial charge in [-0.1, -0.05) is 41.9 Å². The first-order valence-electron chi connectivity index (χ1n) is 9.14. The number of phenolic OH excluding ortho intramolecular Hbond substituents is 1. The minimum Gasteiger partial charge on any atom is -0.508 e. The monoisotopic (exact) mass is 370 g/mol. The second-order valence-corrected chi connectivity index (χ2v) is 7.62. The lowest BCUT2D eigenvalue weighted by Crippen LogP contribution is -2.57. The summed E-state index contributed by atoms with van der Waals surface area (Å²) in [6, 6.07) is 16.6. The first kappa shape index (κ1) is 19.0. The van der Waals surface area contributed by atoms with Crippen LogP contribution < -0.4 is 0 Å². The fourth-order valence-electron chi connectivity index (χ4n) is 3.92. The highest BCUT2D eigenvalue weighted by Gasteiger charge is 2.34. The molecule has 3 rings (SSSR count). The molecule has 1 aliphatic rings. The molecule has 1 saturated heterocycles. The van der Waals surface area contributed by atoms with Crippen LogP contribution in [0, 0.1) is 0 Å². The van der Waals surface area contributed by atoms with Gasteiger partial charge in [-0.3, -0.25) is 9.80 Å². The number of hydrogen-bond acceptors (Lipinski definition) is 3. The molecule has 0 amide bonds. The van der Waals surface area contributed by atoms with Crippen molar-refractivity contribution in [2.75, 3.05) is 19.6 Å². The Hall–Kier alpha value is -1.81. The maximum absolute atomic E-state index is 10.0. The Morgan fingerprint density at radius 3 is 2.50 bits per heavy atom. The molecule has 3 atom stereocenters. The molecule has 0 aromatic heterocycles. The SMILES string of the molecule is C=CCN1C[C@H](C)N([C@H](c2ccc(Cl)cc2)c2cccc(O)c2)C[C@H]1C. The Bertz CT molecular complexity index is 746. The van der Waals surface area contributed by atoms with Crippen LogP contribution in [0.4, 0.5) is 0 Å². The van der Waals surface area contributed by atoms with Crippen LogP contribution in [0.3, 0.4) is 0 Å². The fourth-order valence-corrected chi connectivity index (χ4v) is 4.05. The van der Waals surface area contributed by atoms with Gasteiger partial charge in [0.15, 0.2) is 0 Å². The highest BCUT2D eigenvalue weighted by Crippen LogP contribution is 2.34. The summed E-state index contributed by atoms with van der Waals surface area (Å²) in [5.74, 6) is 0.299. The zero-order valence-corrected chi connectivity index (χ0v) is 16.2. The molecule has 4 heteroatoms. The molecule has 26 heavy (non-hydrogen) atoms. The average molecular weight is 371 g/mol. The molecule has 3 nitrogen and oxygen atoms in total. The molecule has 0 aliphatic carbocycles. The van der Waals surface area contributed by atoms with Gasteiger partial charge in [-0.05, 0) is 49.2 Å². The number of phenols is 1. The third-order valence-electron chi connectivity index (χ3n) is 5.23. The van der Waals surface area contributed by atoms with Crippen LogP contribution in [0.1, 0.15) is 31.0 Å². The molecular formula is C22H27ClN2O. The number of nitrogens with zero attached hydrogens (tertiary/aromatic N) is 2. The van der Waals surface area contributed by atoms with Gasteiger partial charge in [0.05, 0.1) is 6.04 Å². The normalized spacial score (nSPS) is 22.9. The lowest BCUT2D eigenvalue weighted by Gasteiger charge is -2.47. The van der Waals surface area contributed by atoms with E-state index in [2.05, 4.69) is 48.4 Å². The van der Waals surface area contributed by atoms with Crippen molar-refractivity contribution in [2.24, 2.45) is 0 Å². The van der Waals surface area contributed by atoms with Gasteiger partial charge in [-0.15, -0.1) is 6.58 Å². The quantitative estimate of drug-likeness (QED) is 0.772. The fraction of sp³-hybridized carbons (Fsp3) is 0.364. The van der Waals surface area contributed by atoms with E-state index < -0.39 is 0 Å². The van der Waals surface area contributed by atoms with Crippen molar-refractivity contribution < 1.29 is 5.11 Å².